The van der Waals surface area contributed by atoms with Crippen LogP contribution >= 0.6 is 0 Å². The maximum absolute atomic E-state index is 11.1. The first-order chi connectivity index (χ1) is 10.5. The Hall–Kier alpha value is -2.55. The molecule has 3 heterocycles. The molecule has 1 aromatic rings. The number of nitro groups is 2. The number of piperidine rings is 3. The van der Waals surface area contributed by atoms with E-state index in [9.17, 15) is 20.2 Å². The summed E-state index contributed by atoms with van der Waals surface area (Å²) in [6, 6.07) is 3.49. The topological polar surface area (TPSA) is 114 Å². The first-order valence-corrected chi connectivity index (χ1v) is 7.02. The average molecular weight is 305 g/mol. The molecule has 3 fully saturated rings. The molecular weight excluding hydrogens is 290 g/mol. The molecule has 3 aliphatic rings. The van der Waals surface area contributed by atoms with Crippen molar-refractivity contribution in [3.8, 4) is 0 Å². The summed E-state index contributed by atoms with van der Waals surface area (Å²) in [6.45, 7) is 2.92. The van der Waals surface area contributed by atoms with Crippen molar-refractivity contribution in [2.75, 3.05) is 25.1 Å². The lowest BCUT2D eigenvalue weighted by atomic mass is 9.87. The fourth-order valence-electron chi connectivity index (χ4n) is 2.92. The summed E-state index contributed by atoms with van der Waals surface area (Å²) in [7, 11) is 0. The van der Waals surface area contributed by atoms with E-state index in [0.29, 0.717) is 5.92 Å². The van der Waals surface area contributed by atoms with Crippen molar-refractivity contribution in [3.05, 3.63) is 38.4 Å². The maximum atomic E-state index is 11.1. The highest BCUT2D eigenvalue weighted by molar-refractivity contribution is 5.90. The lowest BCUT2D eigenvalue weighted by Gasteiger charge is -2.39. The number of benzene rings is 1. The normalized spacial score (nSPS) is 25.2. The van der Waals surface area contributed by atoms with Crippen LogP contribution in [0.25, 0.3) is 0 Å². The number of anilines is 1. The van der Waals surface area contributed by atoms with Crippen LogP contribution in [0.4, 0.5) is 17.1 Å². The van der Waals surface area contributed by atoms with Gasteiger partial charge in [0.05, 0.1) is 21.6 Å². The molecular formula is C13H15N5O4. The summed E-state index contributed by atoms with van der Waals surface area (Å²) in [4.78, 5) is 22.8. The van der Waals surface area contributed by atoms with Gasteiger partial charge in [0.25, 0.3) is 5.69 Å². The Morgan fingerprint density at radius 2 is 1.91 bits per heavy atom. The van der Waals surface area contributed by atoms with Gasteiger partial charge in [-0.2, -0.15) is 5.10 Å². The predicted octanol–water partition coefficient (Wildman–Crippen LogP) is 2.00. The van der Waals surface area contributed by atoms with Gasteiger partial charge in [-0.1, -0.05) is 0 Å². The van der Waals surface area contributed by atoms with Crippen molar-refractivity contribution in [1.82, 2.24) is 4.90 Å². The fraction of sp³-hybridized carbons (Fsp3) is 0.462. The van der Waals surface area contributed by atoms with Gasteiger partial charge in [-0.15, -0.1) is 0 Å². The number of hydrogen-bond acceptors (Lipinski definition) is 7. The van der Waals surface area contributed by atoms with Gasteiger partial charge in [0, 0.05) is 18.5 Å². The SMILES string of the molecule is O=[N+]([O-])c1ccc(NN=C2CN3CCC2CC3)c([N+](=O)[O-])c1. The second-order valence-corrected chi connectivity index (χ2v) is 5.48. The highest BCUT2D eigenvalue weighted by atomic mass is 16.6. The first kappa shape index (κ1) is 14.4. The molecule has 0 amide bonds. The summed E-state index contributed by atoms with van der Waals surface area (Å²) < 4.78 is 0. The Balaban J connectivity index is 1.83. The molecule has 4 rings (SSSR count). The standard InChI is InChI=1S/C13H15N5O4/c19-17(20)10-1-2-11(13(7-10)18(21)22)14-15-12-8-16-5-3-9(12)4-6-16/h1-2,7,9,14H,3-6,8H2. The largest absolute Gasteiger partial charge is 0.301 e. The maximum Gasteiger partial charge on any atom is 0.301 e. The zero-order valence-corrected chi connectivity index (χ0v) is 11.8. The first-order valence-electron chi connectivity index (χ1n) is 7.02. The molecule has 0 atom stereocenters. The van der Waals surface area contributed by atoms with Crippen LogP contribution in [-0.4, -0.2) is 40.1 Å². The van der Waals surface area contributed by atoms with E-state index in [-0.39, 0.29) is 17.1 Å². The smallest absolute Gasteiger partial charge is 0.298 e. The summed E-state index contributed by atoms with van der Waals surface area (Å²) in [5, 5.41) is 26.1. The van der Waals surface area contributed by atoms with Crippen LogP contribution in [-0.2, 0) is 0 Å². The van der Waals surface area contributed by atoms with Crippen LogP contribution in [0.15, 0.2) is 23.3 Å². The zero-order chi connectivity index (χ0) is 15.7. The van der Waals surface area contributed by atoms with E-state index >= 15 is 0 Å². The number of hydrogen-bond donors (Lipinski definition) is 1. The van der Waals surface area contributed by atoms with Gasteiger partial charge in [0.1, 0.15) is 5.69 Å². The predicted molar refractivity (Wildman–Crippen MR) is 80.0 cm³/mol. The molecule has 9 heteroatoms. The number of nitrogens with zero attached hydrogens (tertiary/aromatic N) is 4. The van der Waals surface area contributed by atoms with Crippen molar-refractivity contribution in [2.24, 2.45) is 11.0 Å². The van der Waals surface area contributed by atoms with Crippen molar-refractivity contribution in [3.63, 3.8) is 0 Å². The van der Waals surface area contributed by atoms with E-state index < -0.39 is 9.85 Å². The number of fused-ring (bicyclic) bond motifs is 3. The summed E-state index contributed by atoms with van der Waals surface area (Å²) in [5.41, 5.74) is 3.21. The van der Waals surface area contributed by atoms with Crippen LogP contribution in [0, 0.1) is 26.1 Å². The molecule has 2 bridgehead atoms. The van der Waals surface area contributed by atoms with Crippen LogP contribution in [0.3, 0.4) is 0 Å². The Morgan fingerprint density at radius 3 is 2.45 bits per heavy atom. The van der Waals surface area contributed by atoms with Crippen LogP contribution in [0.2, 0.25) is 0 Å². The molecule has 1 aromatic carbocycles. The van der Waals surface area contributed by atoms with E-state index in [1.165, 1.54) is 12.1 Å². The highest BCUT2D eigenvalue weighted by Crippen LogP contribution is 2.30. The monoisotopic (exact) mass is 305 g/mol. The Labute approximate surface area is 125 Å². The highest BCUT2D eigenvalue weighted by Gasteiger charge is 2.31. The molecule has 116 valence electrons. The minimum Gasteiger partial charge on any atom is -0.298 e. The number of nitrogens with one attached hydrogen (secondary N) is 1. The molecule has 0 radical (unpaired) electrons. The molecule has 9 nitrogen and oxygen atoms in total. The van der Waals surface area contributed by atoms with Crippen LogP contribution in [0.5, 0.6) is 0 Å². The molecule has 3 aliphatic heterocycles. The fourth-order valence-corrected chi connectivity index (χ4v) is 2.92. The van der Waals surface area contributed by atoms with Crippen LogP contribution < -0.4 is 5.43 Å². The second-order valence-electron chi connectivity index (χ2n) is 5.48. The molecule has 3 saturated heterocycles. The van der Waals surface area contributed by atoms with Gasteiger partial charge in [-0.05, 0) is 32.0 Å². The summed E-state index contributed by atoms with van der Waals surface area (Å²) in [5.74, 6) is 0.426. The minimum absolute atomic E-state index is 0.166. The van der Waals surface area contributed by atoms with Crippen molar-refractivity contribution in [2.45, 2.75) is 12.8 Å². The van der Waals surface area contributed by atoms with E-state index in [1.807, 2.05) is 0 Å². The number of rotatable bonds is 4. The lowest BCUT2D eigenvalue weighted by molar-refractivity contribution is -0.393. The minimum atomic E-state index is -0.657. The Morgan fingerprint density at radius 1 is 1.18 bits per heavy atom. The van der Waals surface area contributed by atoms with E-state index in [1.54, 1.807) is 0 Å². The summed E-state index contributed by atoms with van der Waals surface area (Å²) >= 11 is 0. The van der Waals surface area contributed by atoms with Crippen molar-refractivity contribution < 1.29 is 9.85 Å². The van der Waals surface area contributed by atoms with Crippen LogP contribution in [0.1, 0.15) is 12.8 Å². The average Bonchev–Trinajstić information content (AvgIpc) is 2.53. The molecule has 22 heavy (non-hydrogen) atoms. The Bertz CT molecular complexity index is 652. The van der Waals surface area contributed by atoms with Gasteiger partial charge >= 0.3 is 5.69 Å². The van der Waals surface area contributed by atoms with Gasteiger partial charge in [0.2, 0.25) is 0 Å². The quantitative estimate of drug-likeness (QED) is 0.672. The van der Waals surface area contributed by atoms with E-state index in [4.69, 9.17) is 0 Å². The van der Waals surface area contributed by atoms with Gasteiger partial charge in [-0.25, -0.2) is 0 Å². The van der Waals surface area contributed by atoms with Gasteiger partial charge < -0.3 is 0 Å². The third-order valence-corrected chi connectivity index (χ3v) is 4.15. The summed E-state index contributed by atoms with van der Waals surface area (Å²) in [6.07, 6.45) is 2.12. The molecule has 1 N–H and O–H groups in total. The third-order valence-electron chi connectivity index (χ3n) is 4.15. The lowest BCUT2D eigenvalue weighted by Crippen LogP contribution is -2.48. The molecule has 0 spiro atoms. The number of hydrazone groups is 1. The number of nitro benzene ring substituents is 2. The molecule has 0 saturated carbocycles. The van der Waals surface area contributed by atoms with E-state index in [0.717, 1.165) is 44.3 Å². The van der Waals surface area contributed by atoms with Gasteiger partial charge in [0.15, 0.2) is 0 Å². The van der Waals surface area contributed by atoms with E-state index in [2.05, 4.69) is 15.4 Å². The molecule has 0 aromatic heterocycles. The second kappa shape index (κ2) is 5.68. The molecule has 0 aliphatic carbocycles. The number of non-ortho nitro benzene ring substituents is 1. The third kappa shape index (κ3) is 2.75. The van der Waals surface area contributed by atoms with Crippen molar-refractivity contribution >= 4 is 22.8 Å². The Kier molecular flexibility index (Phi) is 3.72. The van der Waals surface area contributed by atoms with Crippen molar-refractivity contribution in [1.29, 1.82) is 0 Å². The zero-order valence-electron chi connectivity index (χ0n) is 11.8. The van der Waals surface area contributed by atoms with Gasteiger partial charge in [-0.3, -0.25) is 30.6 Å². The molecule has 0 unspecified atom stereocenters.